The number of hydrogen-bond donors (Lipinski definition) is 2. The molecule has 0 aliphatic carbocycles. The van der Waals surface area contributed by atoms with Gasteiger partial charge >= 0.3 is 6.18 Å². The first-order valence-corrected chi connectivity index (χ1v) is 6.91. The zero-order valence-electron chi connectivity index (χ0n) is 11.7. The van der Waals surface area contributed by atoms with Crippen LogP contribution in [0.15, 0.2) is 0 Å². The Morgan fingerprint density at radius 3 is 2.70 bits per heavy atom. The number of piperidine rings is 1. The van der Waals surface area contributed by atoms with Gasteiger partial charge in [0, 0.05) is 19.1 Å². The zero-order chi connectivity index (χ0) is 15.2. The lowest BCUT2D eigenvalue weighted by Gasteiger charge is -2.38. The molecule has 20 heavy (non-hydrogen) atoms. The maximum Gasteiger partial charge on any atom is 0.401 e. The second-order valence-corrected chi connectivity index (χ2v) is 5.44. The molecule has 1 fully saturated rings. The molecule has 1 aliphatic heterocycles. The van der Waals surface area contributed by atoms with Gasteiger partial charge in [-0.1, -0.05) is 6.92 Å². The molecule has 4 nitrogen and oxygen atoms in total. The summed E-state index contributed by atoms with van der Waals surface area (Å²) in [5.74, 6) is 0.123. The van der Waals surface area contributed by atoms with Gasteiger partial charge in [0.05, 0.1) is 25.3 Å². The van der Waals surface area contributed by atoms with E-state index in [1.54, 1.807) is 0 Å². The Morgan fingerprint density at radius 1 is 1.45 bits per heavy atom. The van der Waals surface area contributed by atoms with E-state index in [9.17, 15) is 18.3 Å². The predicted molar refractivity (Wildman–Crippen MR) is 68.9 cm³/mol. The lowest BCUT2D eigenvalue weighted by molar-refractivity contribution is -0.127. The molecule has 1 saturated heterocycles. The number of alkyl halides is 3. The Balaban J connectivity index is 2.54. The van der Waals surface area contributed by atoms with Crippen molar-refractivity contribution in [3.63, 3.8) is 0 Å². The fourth-order valence-corrected chi connectivity index (χ4v) is 2.66. The first kappa shape index (κ1) is 17.2. The zero-order valence-corrected chi connectivity index (χ0v) is 11.7. The highest BCUT2D eigenvalue weighted by Crippen LogP contribution is 2.23. The average molecular weight is 293 g/mol. The number of halogens is 3. The molecular formula is C13H22F3N3O. The van der Waals surface area contributed by atoms with E-state index in [2.05, 4.69) is 5.32 Å². The topological polar surface area (TPSA) is 59.3 Å². The quantitative estimate of drug-likeness (QED) is 0.729. The number of hydrogen-bond acceptors (Lipinski definition) is 4. The molecule has 1 heterocycles. The normalized spacial score (nSPS) is 26.2. The van der Waals surface area contributed by atoms with E-state index in [1.807, 2.05) is 17.9 Å². The van der Waals surface area contributed by atoms with Crippen molar-refractivity contribution >= 4 is 0 Å². The molecule has 116 valence electrons. The minimum absolute atomic E-state index is 0.123. The van der Waals surface area contributed by atoms with Crippen LogP contribution in [0.25, 0.3) is 0 Å². The van der Waals surface area contributed by atoms with Crippen LogP contribution in [0.1, 0.15) is 26.2 Å². The number of nitriles is 1. The van der Waals surface area contributed by atoms with Gasteiger partial charge in [0.1, 0.15) is 0 Å². The van der Waals surface area contributed by atoms with E-state index in [1.165, 1.54) is 0 Å². The second kappa shape index (κ2) is 7.81. The van der Waals surface area contributed by atoms with E-state index < -0.39 is 18.8 Å². The van der Waals surface area contributed by atoms with Crippen LogP contribution >= 0.6 is 0 Å². The number of aliphatic hydroxyl groups excluding tert-OH is 1. The minimum Gasteiger partial charge on any atom is -0.393 e. The van der Waals surface area contributed by atoms with Crippen LogP contribution in [0.2, 0.25) is 0 Å². The molecule has 0 aromatic carbocycles. The second-order valence-electron chi connectivity index (χ2n) is 5.44. The van der Waals surface area contributed by atoms with E-state index in [-0.39, 0.29) is 18.5 Å². The molecule has 2 N–H and O–H groups in total. The smallest absolute Gasteiger partial charge is 0.393 e. The summed E-state index contributed by atoms with van der Waals surface area (Å²) in [6.45, 7) is 2.18. The Morgan fingerprint density at radius 2 is 2.15 bits per heavy atom. The highest BCUT2D eigenvalue weighted by atomic mass is 19.4. The molecule has 1 aliphatic rings. The molecular weight excluding hydrogens is 271 g/mol. The summed E-state index contributed by atoms with van der Waals surface area (Å²) >= 11 is 0. The van der Waals surface area contributed by atoms with E-state index in [0.29, 0.717) is 32.4 Å². The Bertz CT molecular complexity index is 330. The monoisotopic (exact) mass is 293 g/mol. The Labute approximate surface area is 117 Å². The van der Waals surface area contributed by atoms with Gasteiger partial charge in [-0.25, -0.2) is 0 Å². The van der Waals surface area contributed by atoms with Crippen LogP contribution in [0.3, 0.4) is 0 Å². The van der Waals surface area contributed by atoms with Gasteiger partial charge in [-0.3, -0.25) is 4.90 Å². The van der Waals surface area contributed by atoms with Crippen molar-refractivity contribution in [1.82, 2.24) is 10.2 Å². The Kier molecular flexibility index (Phi) is 6.72. The lowest BCUT2D eigenvalue weighted by atomic mass is 9.89. The number of nitrogens with zero attached hydrogens (tertiary/aromatic N) is 2. The van der Waals surface area contributed by atoms with Gasteiger partial charge < -0.3 is 10.4 Å². The summed E-state index contributed by atoms with van der Waals surface area (Å²) in [5, 5.41) is 20.9. The van der Waals surface area contributed by atoms with Crippen LogP contribution in [-0.4, -0.2) is 54.5 Å². The maximum absolute atomic E-state index is 12.2. The third-order valence-electron chi connectivity index (χ3n) is 3.57. The third kappa shape index (κ3) is 6.55. The van der Waals surface area contributed by atoms with Crippen molar-refractivity contribution in [2.75, 3.05) is 26.2 Å². The first-order chi connectivity index (χ1) is 9.34. The summed E-state index contributed by atoms with van der Waals surface area (Å²) in [6.07, 6.45) is -2.84. The molecule has 1 rings (SSSR count). The highest BCUT2D eigenvalue weighted by molar-refractivity contribution is 4.88. The van der Waals surface area contributed by atoms with Gasteiger partial charge in [0.2, 0.25) is 0 Å². The van der Waals surface area contributed by atoms with E-state index in [0.717, 1.165) is 0 Å². The fourth-order valence-electron chi connectivity index (χ4n) is 2.66. The molecule has 0 aromatic heterocycles. The van der Waals surface area contributed by atoms with Crippen LogP contribution in [0.4, 0.5) is 13.2 Å². The van der Waals surface area contributed by atoms with Crippen molar-refractivity contribution in [2.24, 2.45) is 5.92 Å². The molecule has 3 atom stereocenters. The van der Waals surface area contributed by atoms with Crippen molar-refractivity contribution in [2.45, 2.75) is 44.5 Å². The minimum atomic E-state index is -4.23. The molecule has 3 unspecified atom stereocenters. The van der Waals surface area contributed by atoms with Crippen molar-refractivity contribution in [3.05, 3.63) is 0 Å². The van der Waals surface area contributed by atoms with Crippen molar-refractivity contribution < 1.29 is 18.3 Å². The number of likely N-dealkylation sites (tertiary alicyclic amines) is 1. The van der Waals surface area contributed by atoms with Gasteiger partial charge in [-0.15, -0.1) is 0 Å². The summed E-state index contributed by atoms with van der Waals surface area (Å²) in [4.78, 5) is 1.85. The molecule has 0 radical (unpaired) electrons. The van der Waals surface area contributed by atoms with E-state index >= 15 is 0 Å². The maximum atomic E-state index is 12.2. The standard InChI is InChI=1S/C13H22F3N3O/c1-2-12(20)6-10-5-11(18-9-13(14,15)16)8-19(7-10)4-3-17/h10-12,18,20H,2,4-9H2,1H3. The third-order valence-corrected chi connectivity index (χ3v) is 3.57. The first-order valence-electron chi connectivity index (χ1n) is 6.91. The molecule has 0 saturated carbocycles. The molecule has 0 aromatic rings. The molecule has 0 bridgehead atoms. The van der Waals surface area contributed by atoms with Gasteiger partial charge in [0.15, 0.2) is 0 Å². The van der Waals surface area contributed by atoms with Crippen LogP contribution in [-0.2, 0) is 0 Å². The summed E-state index contributed by atoms with van der Waals surface area (Å²) in [7, 11) is 0. The summed E-state index contributed by atoms with van der Waals surface area (Å²) in [5.41, 5.74) is 0. The van der Waals surface area contributed by atoms with Crippen LogP contribution < -0.4 is 5.32 Å². The largest absolute Gasteiger partial charge is 0.401 e. The predicted octanol–water partition coefficient (Wildman–Crippen LogP) is 1.51. The van der Waals surface area contributed by atoms with Crippen molar-refractivity contribution in [3.8, 4) is 6.07 Å². The van der Waals surface area contributed by atoms with Gasteiger partial charge in [-0.05, 0) is 25.2 Å². The number of aliphatic hydroxyl groups is 1. The molecule has 0 spiro atoms. The average Bonchev–Trinajstić information content (AvgIpc) is 2.35. The number of rotatable bonds is 6. The van der Waals surface area contributed by atoms with Crippen molar-refractivity contribution in [1.29, 1.82) is 5.26 Å². The highest BCUT2D eigenvalue weighted by Gasteiger charge is 2.32. The van der Waals surface area contributed by atoms with E-state index in [4.69, 9.17) is 5.26 Å². The summed E-state index contributed by atoms with van der Waals surface area (Å²) < 4.78 is 36.7. The van der Waals surface area contributed by atoms with Crippen LogP contribution in [0.5, 0.6) is 0 Å². The van der Waals surface area contributed by atoms with Gasteiger partial charge in [-0.2, -0.15) is 18.4 Å². The molecule has 7 heteroatoms. The lowest BCUT2D eigenvalue weighted by Crippen LogP contribution is -2.51. The SMILES string of the molecule is CCC(O)CC1CC(NCC(F)(F)F)CN(CC#N)C1. The van der Waals surface area contributed by atoms with Gasteiger partial charge in [0.25, 0.3) is 0 Å². The fraction of sp³-hybridized carbons (Fsp3) is 0.923. The van der Waals surface area contributed by atoms with Crippen LogP contribution in [0, 0.1) is 17.2 Å². The number of nitrogens with one attached hydrogen (secondary N) is 1. The molecule has 0 amide bonds. The summed E-state index contributed by atoms with van der Waals surface area (Å²) in [6, 6.07) is 1.75. The Hall–Kier alpha value is -0.840.